The van der Waals surface area contributed by atoms with Crippen LogP contribution in [0.4, 0.5) is 0 Å². The minimum absolute atomic E-state index is 0.0651. The van der Waals surface area contributed by atoms with E-state index in [9.17, 15) is 13.2 Å². The third-order valence-corrected chi connectivity index (χ3v) is 5.81. The number of carbonyl (C=O) groups excluding carboxylic acids is 1. The average Bonchev–Trinajstić information content (AvgIpc) is 2.92. The maximum atomic E-state index is 12.0. The van der Waals surface area contributed by atoms with E-state index in [2.05, 4.69) is 28.2 Å². The Morgan fingerprint density at radius 2 is 2.10 bits per heavy atom. The lowest BCUT2D eigenvalue weighted by Gasteiger charge is -2.23. The monoisotopic (exact) mass is 383 g/mol. The van der Waals surface area contributed by atoms with Gasteiger partial charge in [-0.2, -0.15) is 0 Å². The van der Waals surface area contributed by atoms with Gasteiger partial charge in [0.15, 0.2) is 10.4 Å². The van der Waals surface area contributed by atoms with E-state index in [4.69, 9.17) is 15.1 Å². The smallest absolute Gasteiger partial charge is 0.287 e. The quantitative estimate of drug-likeness (QED) is 0.808. The molecule has 1 saturated carbocycles. The highest BCUT2D eigenvalue weighted by Crippen LogP contribution is 2.36. The highest BCUT2D eigenvalue weighted by atomic mass is 79.9. The van der Waals surface area contributed by atoms with Crippen LogP contribution in [0.25, 0.3) is 0 Å². The van der Waals surface area contributed by atoms with Crippen molar-refractivity contribution in [3.63, 3.8) is 0 Å². The van der Waals surface area contributed by atoms with Gasteiger partial charge in [-0.3, -0.25) is 4.79 Å². The second-order valence-electron chi connectivity index (χ2n) is 5.39. The van der Waals surface area contributed by atoms with Gasteiger partial charge in [0.05, 0.1) is 0 Å². The lowest BCUT2D eigenvalue weighted by molar-refractivity contribution is 0.0905. The number of rotatable bonds is 4. The zero-order valence-corrected chi connectivity index (χ0v) is 14.1. The number of furan rings is 1. The number of hydrogen-bond donors (Lipinski definition) is 1. The molecule has 1 fully saturated rings. The fraction of sp³-hybridized carbons (Fsp3) is 0.583. The number of carbonyl (C=O) groups is 1. The summed E-state index contributed by atoms with van der Waals surface area (Å²) in [4.78, 5) is 11.7. The summed E-state index contributed by atoms with van der Waals surface area (Å²) in [5, 5.41) is 2.78. The van der Waals surface area contributed by atoms with Crippen molar-refractivity contribution in [1.82, 2.24) is 5.32 Å². The first-order valence-corrected chi connectivity index (χ1v) is 9.34. The Bertz CT molecular complexity index is 619. The minimum Gasteiger partial charge on any atom is -0.443 e. The Balaban J connectivity index is 2.07. The molecule has 2 rings (SSSR count). The number of halogens is 2. The largest absolute Gasteiger partial charge is 0.443 e. The van der Waals surface area contributed by atoms with E-state index < -0.39 is 15.0 Å². The highest BCUT2D eigenvalue weighted by molar-refractivity contribution is 9.10. The minimum atomic E-state index is -3.94. The van der Waals surface area contributed by atoms with Crippen LogP contribution in [0, 0.1) is 5.41 Å². The third kappa shape index (κ3) is 3.56. The van der Waals surface area contributed by atoms with E-state index in [1.165, 1.54) is 12.8 Å². The van der Waals surface area contributed by atoms with Gasteiger partial charge in [-0.25, -0.2) is 8.42 Å². The molecule has 1 aliphatic rings. The summed E-state index contributed by atoms with van der Waals surface area (Å²) in [5.41, 5.74) is 0.112. The Morgan fingerprint density at radius 1 is 1.50 bits per heavy atom. The molecule has 0 aliphatic heterocycles. The molecule has 0 unspecified atom stereocenters. The molecule has 0 saturated heterocycles. The Morgan fingerprint density at radius 3 is 2.60 bits per heavy atom. The fourth-order valence-electron chi connectivity index (χ4n) is 2.42. The topological polar surface area (TPSA) is 76.4 Å². The standard InChI is InChI=1S/C12H15BrClNO4S/c1-12(4-2-3-5-12)7-15-11(16)8-6-9(10(13)19-8)20(14,17)18/h6H,2-5,7H2,1H3,(H,15,16). The molecule has 0 radical (unpaired) electrons. The SMILES string of the molecule is CC1(CNC(=O)c2cc(S(=O)(=O)Cl)c(Br)o2)CCCC1. The van der Waals surface area contributed by atoms with Crippen LogP contribution in [0.15, 0.2) is 20.0 Å². The first-order chi connectivity index (χ1) is 9.21. The summed E-state index contributed by atoms with van der Waals surface area (Å²) in [5.74, 6) is -0.511. The summed E-state index contributed by atoms with van der Waals surface area (Å²) >= 11 is 2.94. The van der Waals surface area contributed by atoms with Gasteiger partial charge < -0.3 is 9.73 Å². The molecule has 0 atom stereocenters. The molecule has 8 heteroatoms. The van der Waals surface area contributed by atoms with Gasteiger partial charge in [0.2, 0.25) is 0 Å². The van der Waals surface area contributed by atoms with Crippen molar-refractivity contribution in [2.24, 2.45) is 5.41 Å². The molecule has 1 N–H and O–H groups in total. The molecule has 1 aromatic heterocycles. The van der Waals surface area contributed by atoms with Crippen molar-refractivity contribution in [2.45, 2.75) is 37.5 Å². The second kappa shape index (κ2) is 5.69. The highest BCUT2D eigenvalue weighted by Gasteiger charge is 2.30. The molecule has 1 heterocycles. The van der Waals surface area contributed by atoms with E-state index in [1.807, 2.05) is 0 Å². The molecule has 1 amide bonds. The summed E-state index contributed by atoms with van der Waals surface area (Å²) in [7, 11) is 1.30. The molecule has 0 spiro atoms. The number of hydrogen-bond acceptors (Lipinski definition) is 4. The van der Waals surface area contributed by atoms with Crippen molar-refractivity contribution in [3.05, 3.63) is 16.5 Å². The van der Waals surface area contributed by atoms with Gasteiger partial charge >= 0.3 is 0 Å². The van der Waals surface area contributed by atoms with E-state index >= 15 is 0 Å². The molecular weight excluding hydrogens is 370 g/mol. The Kier molecular flexibility index (Phi) is 4.51. The van der Waals surface area contributed by atoms with Crippen molar-refractivity contribution in [1.29, 1.82) is 0 Å². The molecule has 0 aromatic carbocycles. The third-order valence-electron chi connectivity index (χ3n) is 3.63. The van der Waals surface area contributed by atoms with Crippen LogP contribution in [-0.2, 0) is 9.05 Å². The summed E-state index contributed by atoms with van der Waals surface area (Å²) < 4.78 is 27.5. The van der Waals surface area contributed by atoms with Crippen LogP contribution < -0.4 is 5.32 Å². The zero-order valence-electron chi connectivity index (χ0n) is 10.9. The maximum absolute atomic E-state index is 12.0. The lowest BCUT2D eigenvalue weighted by Crippen LogP contribution is -2.33. The molecule has 112 valence electrons. The lowest BCUT2D eigenvalue weighted by atomic mass is 9.89. The van der Waals surface area contributed by atoms with Gasteiger partial charge in [0, 0.05) is 23.3 Å². The van der Waals surface area contributed by atoms with E-state index in [1.54, 1.807) is 0 Å². The molecular formula is C12H15BrClNO4S. The van der Waals surface area contributed by atoms with Crippen LogP contribution in [0.5, 0.6) is 0 Å². The van der Waals surface area contributed by atoms with Crippen LogP contribution >= 0.6 is 26.6 Å². The fourth-order valence-corrected chi connectivity index (χ4v) is 4.45. The first kappa shape index (κ1) is 15.9. The summed E-state index contributed by atoms with van der Waals surface area (Å²) in [6.45, 7) is 2.68. The Hall–Kier alpha value is -0.530. The van der Waals surface area contributed by atoms with Crippen molar-refractivity contribution >= 4 is 41.6 Å². The average molecular weight is 385 g/mol. The van der Waals surface area contributed by atoms with Crippen molar-refractivity contribution in [2.75, 3.05) is 6.54 Å². The molecule has 0 bridgehead atoms. The molecule has 1 aliphatic carbocycles. The number of nitrogens with one attached hydrogen (secondary N) is 1. The van der Waals surface area contributed by atoms with Gasteiger partial charge in [-0.05, 0) is 34.2 Å². The van der Waals surface area contributed by atoms with E-state index in [0.29, 0.717) is 6.54 Å². The number of amides is 1. The summed E-state index contributed by atoms with van der Waals surface area (Å²) in [6.07, 6.45) is 4.51. The van der Waals surface area contributed by atoms with Crippen molar-refractivity contribution in [3.8, 4) is 0 Å². The first-order valence-electron chi connectivity index (χ1n) is 6.23. The van der Waals surface area contributed by atoms with Gasteiger partial charge in [0.25, 0.3) is 15.0 Å². The maximum Gasteiger partial charge on any atom is 0.287 e. The molecule has 5 nitrogen and oxygen atoms in total. The van der Waals surface area contributed by atoms with Crippen LogP contribution in [0.1, 0.15) is 43.2 Å². The van der Waals surface area contributed by atoms with Crippen LogP contribution in [0.2, 0.25) is 0 Å². The van der Waals surface area contributed by atoms with E-state index in [-0.39, 0.29) is 20.7 Å². The predicted octanol–water partition coefficient (Wildman–Crippen LogP) is 3.28. The van der Waals surface area contributed by atoms with E-state index in [0.717, 1.165) is 18.9 Å². The van der Waals surface area contributed by atoms with Crippen molar-refractivity contribution < 1.29 is 17.6 Å². The van der Waals surface area contributed by atoms with Gasteiger partial charge in [-0.1, -0.05) is 19.8 Å². The molecule has 1 aromatic rings. The Labute approximate surface area is 130 Å². The van der Waals surface area contributed by atoms with Gasteiger partial charge in [0.1, 0.15) is 4.90 Å². The zero-order chi connectivity index (χ0) is 15.0. The normalized spacial score (nSPS) is 18.1. The predicted molar refractivity (Wildman–Crippen MR) is 78.4 cm³/mol. The summed E-state index contributed by atoms with van der Waals surface area (Å²) in [6, 6.07) is 1.12. The second-order valence-corrected chi connectivity index (χ2v) is 8.64. The molecule has 20 heavy (non-hydrogen) atoms. The van der Waals surface area contributed by atoms with Crippen LogP contribution in [0.3, 0.4) is 0 Å². The van der Waals surface area contributed by atoms with Crippen LogP contribution in [-0.4, -0.2) is 20.9 Å². The van der Waals surface area contributed by atoms with Gasteiger partial charge in [-0.15, -0.1) is 0 Å².